The molecule has 5 nitrogen and oxygen atoms in total. The first-order valence-electron chi connectivity index (χ1n) is 11.5. The van der Waals surface area contributed by atoms with Gasteiger partial charge in [-0.3, -0.25) is 0 Å². The van der Waals surface area contributed by atoms with Crippen LogP contribution < -0.4 is 5.32 Å². The van der Waals surface area contributed by atoms with Crippen molar-refractivity contribution in [3.8, 4) is 11.3 Å². The van der Waals surface area contributed by atoms with Crippen LogP contribution in [-0.4, -0.2) is 54.0 Å². The predicted molar refractivity (Wildman–Crippen MR) is 115 cm³/mol. The van der Waals surface area contributed by atoms with E-state index in [-0.39, 0.29) is 11.3 Å². The Bertz CT molecular complexity index is 951. The van der Waals surface area contributed by atoms with E-state index >= 15 is 0 Å². The molecule has 0 radical (unpaired) electrons. The van der Waals surface area contributed by atoms with Gasteiger partial charge in [-0.2, -0.15) is 0 Å². The van der Waals surface area contributed by atoms with E-state index in [0.29, 0.717) is 35.7 Å². The van der Waals surface area contributed by atoms with E-state index < -0.39 is 17.5 Å². The fraction of sp³-hybridized carbons (Fsp3) is 0.583. The Hall–Kier alpha value is -2.19. The molecule has 2 saturated heterocycles. The Morgan fingerprint density at radius 2 is 1.91 bits per heavy atom. The van der Waals surface area contributed by atoms with Crippen LogP contribution >= 0.6 is 0 Å². The highest BCUT2D eigenvalue weighted by atomic mass is 19.2. The molecule has 172 valence electrons. The number of hydrogen-bond donors (Lipinski definition) is 1. The molecule has 0 amide bonds. The molecule has 0 bridgehead atoms. The van der Waals surface area contributed by atoms with Crippen LogP contribution in [0, 0.1) is 41.1 Å². The second-order valence-electron chi connectivity index (χ2n) is 9.60. The minimum absolute atomic E-state index is 0.103. The van der Waals surface area contributed by atoms with Crippen molar-refractivity contribution in [3.63, 3.8) is 0 Å². The molecule has 1 aromatic carbocycles. The summed E-state index contributed by atoms with van der Waals surface area (Å²) in [5.41, 5.74) is -0.124. The van der Waals surface area contributed by atoms with Crippen LogP contribution in [0.5, 0.6) is 0 Å². The van der Waals surface area contributed by atoms with Crippen LogP contribution in [-0.2, 0) is 4.74 Å². The molecule has 3 fully saturated rings. The number of fused-ring (bicyclic) bond motifs is 1. The molecule has 0 unspecified atom stereocenters. The molecular formula is C24H29F3N4O. The standard InChI is InChI=1S/C24H29F3N4O/c1-14-19-13-31(11-15-4-6-32-7-5-15)12-16(19)8-22(14)28-23-3-2-21(29-30-23)18-9-17(25)10-20(26)24(18)27/h2-3,9-10,14-16,19,22H,4-8,11-13H2,1H3,(H,28,30)/t14-,16-,19-,22+/m1/s1. The lowest BCUT2D eigenvalue weighted by atomic mass is 9.93. The maximum Gasteiger partial charge on any atom is 0.168 e. The second kappa shape index (κ2) is 8.98. The SMILES string of the molecule is C[C@@H]1[C@H]2CN(CC3CCOCC3)C[C@H]2C[C@@H]1Nc1ccc(-c2cc(F)cc(F)c2F)nn1. The third-order valence-corrected chi connectivity index (χ3v) is 7.56. The Balaban J connectivity index is 1.19. The second-order valence-corrected chi connectivity index (χ2v) is 9.60. The average Bonchev–Trinajstić information content (AvgIpc) is 3.30. The molecular weight excluding hydrogens is 417 g/mol. The summed E-state index contributed by atoms with van der Waals surface area (Å²) in [6.07, 6.45) is 3.43. The highest BCUT2D eigenvalue weighted by Crippen LogP contribution is 2.43. The van der Waals surface area contributed by atoms with E-state index in [0.717, 1.165) is 44.7 Å². The van der Waals surface area contributed by atoms with Crippen LogP contribution in [0.4, 0.5) is 19.0 Å². The van der Waals surface area contributed by atoms with E-state index in [1.807, 2.05) is 0 Å². The van der Waals surface area contributed by atoms with Gasteiger partial charge in [-0.15, -0.1) is 10.2 Å². The zero-order valence-electron chi connectivity index (χ0n) is 18.2. The summed E-state index contributed by atoms with van der Waals surface area (Å²) in [6, 6.07) is 5.00. The summed E-state index contributed by atoms with van der Waals surface area (Å²) in [6.45, 7) is 7.58. The van der Waals surface area contributed by atoms with E-state index in [1.54, 1.807) is 12.1 Å². The van der Waals surface area contributed by atoms with Crippen LogP contribution in [0.3, 0.4) is 0 Å². The van der Waals surface area contributed by atoms with Gasteiger partial charge in [-0.1, -0.05) is 6.92 Å². The molecule has 1 saturated carbocycles. The molecule has 1 aromatic heterocycles. The molecule has 5 rings (SSSR count). The van der Waals surface area contributed by atoms with Crippen molar-refractivity contribution in [1.29, 1.82) is 0 Å². The minimum Gasteiger partial charge on any atom is -0.381 e. The number of nitrogens with one attached hydrogen (secondary N) is 1. The topological polar surface area (TPSA) is 50.3 Å². The van der Waals surface area contributed by atoms with Gasteiger partial charge >= 0.3 is 0 Å². The molecule has 0 spiro atoms. The maximum absolute atomic E-state index is 14.0. The van der Waals surface area contributed by atoms with Gasteiger partial charge in [-0.25, -0.2) is 13.2 Å². The number of halogens is 3. The number of benzene rings is 1. The van der Waals surface area contributed by atoms with Gasteiger partial charge in [0.05, 0.1) is 5.69 Å². The van der Waals surface area contributed by atoms with Crippen molar-refractivity contribution in [2.24, 2.45) is 23.7 Å². The summed E-state index contributed by atoms with van der Waals surface area (Å²) in [4.78, 5) is 2.64. The highest BCUT2D eigenvalue weighted by molar-refractivity contribution is 5.60. The van der Waals surface area contributed by atoms with Crippen molar-refractivity contribution >= 4 is 5.82 Å². The molecule has 3 heterocycles. The zero-order valence-corrected chi connectivity index (χ0v) is 18.2. The average molecular weight is 447 g/mol. The summed E-state index contributed by atoms with van der Waals surface area (Å²) >= 11 is 0. The number of rotatable bonds is 5. The lowest BCUT2D eigenvalue weighted by Gasteiger charge is -2.29. The van der Waals surface area contributed by atoms with E-state index in [1.165, 1.54) is 19.4 Å². The smallest absolute Gasteiger partial charge is 0.168 e. The number of anilines is 1. The number of aromatic nitrogens is 2. The Kier molecular flexibility index (Phi) is 6.07. The van der Waals surface area contributed by atoms with Gasteiger partial charge in [0.25, 0.3) is 0 Å². The molecule has 1 aliphatic carbocycles. The Morgan fingerprint density at radius 3 is 2.62 bits per heavy atom. The van der Waals surface area contributed by atoms with E-state index in [9.17, 15) is 13.2 Å². The molecule has 2 aliphatic heterocycles. The van der Waals surface area contributed by atoms with Crippen molar-refractivity contribution in [1.82, 2.24) is 15.1 Å². The summed E-state index contributed by atoms with van der Waals surface area (Å²) in [5, 5.41) is 11.6. The van der Waals surface area contributed by atoms with Crippen LogP contribution in [0.1, 0.15) is 26.2 Å². The first-order valence-corrected chi connectivity index (χ1v) is 11.5. The number of nitrogens with zero attached hydrogens (tertiary/aromatic N) is 3. The summed E-state index contributed by atoms with van der Waals surface area (Å²) in [7, 11) is 0. The lowest BCUT2D eigenvalue weighted by molar-refractivity contribution is 0.0543. The van der Waals surface area contributed by atoms with Crippen molar-refractivity contribution in [2.45, 2.75) is 32.2 Å². The van der Waals surface area contributed by atoms with Gasteiger partial charge < -0.3 is 15.0 Å². The molecule has 4 atom stereocenters. The third kappa shape index (κ3) is 4.35. The molecule has 8 heteroatoms. The van der Waals surface area contributed by atoms with Gasteiger partial charge in [0, 0.05) is 50.5 Å². The summed E-state index contributed by atoms with van der Waals surface area (Å²) < 4.78 is 46.5. The van der Waals surface area contributed by atoms with Crippen LogP contribution in [0.15, 0.2) is 24.3 Å². The predicted octanol–water partition coefficient (Wildman–Crippen LogP) is 4.36. The zero-order chi connectivity index (χ0) is 22.2. The van der Waals surface area contributed by atoms with E-state index in [4.69, 9.17) is 4.74 Å². The van der Waals surface area contributed by atoms with Crippen molar-refractivity contribution in [3.05, 3.63) is 41.7 Å². The quantitative estimate of drug-likeness (QED) is 0.692. The fourth-order valence-corrected chi connectivity index (χ4v) is 5.79. The number of ether oxygens (including phenoxy) is 1. The number of hydrogen-bond acceptors (Lipinski definition) is 5. The largest absolute Gasteiger partial charge is 0.381 e. The van der Waals surface area contributed by atoms with Gasteiger partial charge in [0.2, 0.25) is 0 Å². The first-order chi connectivity index (χ1) is 15.5. The normalized spacial score (nSPS) is 28.8. The van der Waals surface area contributed by atoms with Gasteiger partial charge in [0.1, 0.15) is 11.6 Å². The monoisotopic (exact) mass is 446 g/mol. The third-order valence-electron chi connectivity index (χ3n) is 7.56. The lowest BCUT2D eigenvalue weighted by Crippen LogP contribution is -2.34. The maximum atomic E-state index is 14.0. The Labute approximate surface area is 186 Å². The first kappa shape index (κ1) is 21.6. The van der Waals surface area contributed by atoms with Gasteiger partial charge in [-0.05, 0) is 61.1 Å². The molecule has 32 heavy (non-hydrogen) atoms. The molecule has 1 N–H and O–H groups in total. The number of likely N-dealkylation sites (tertiary alicyclic amines) is 1. The highest BCUT2D eigenvalue weighted by Gasteiger charge is 2.46. The van der Waals surface area contributed by atoms with Gasteiger partial charge in [0.15, 0.2) is 11.6 Å². The fourth-order valence-electron chi connectivity index (χ4n) is 5.79. The van der Waals surface area contributed by atoms with Crippen molar-refractivity contribution in [2.75, 3.05) is 38.2 Å². The minimum atomic E-state index is -1.24. The van der Waals surface area contributed by atoms with E-state index in [2.05, 4.69) is 27.3 Å². The molecule has 3 aliphatic rings. The Morgan fingerprint density at radius 1 is 1.09 bits per heavy atom. The summed E-state index contributed by atoms with van der Waals surface area (Å²) in [5.74, 6) is 0.0166. The van der Waals surface area contributed by atoms with Crippen LogP contribution in [0.2, 0.25) is 0 Å². The molecule has 2 aromatic rings. The van der Waals surface area contributed by atoms with Crippen molar-refractivity contribution < 1.29 is 17.9 Å². The van der Waals surface area contributed by atoms with Crippen LogP contribution in [0.25, 0.3) is 11.3 Å².